The van der Waals surface area contributed by atoms with Crippen LogP contribution in [0.1, 0.15) is 41.2 Å². The van der Waals surface area contributed by atoms with Crippen molar-refractivity contribution in [3.05, 3.63) is 40.6 Å². The van der Waals surface area contributed by atoms with Crippen molar-refractivity contribution in [1.29, 1.82) is 0 Å². The molecule has 0 aliphatic carbocycles. The van der Waals surface area contributed by atoms with Gasteiger partial charge >= 0.3 is 0 Å². The largest absolute Gasteiger partial charge is 0.466 e. The summed E-state index contributed by atoms with van der Waals surface area (Å²) in [4.78, 5) is 0. The zero-order valence-electron chi connectivity index (χ0n) is 10.8. The van der Waals surface area contributed by atoms with Crippen LogP contribution in [0.5, 0.6) is 0 Å². The third-order valence-corrected chi connectivity index (χ3v) is 3.26. The van der Waals surface area contributed by atoms with E-state index in [1.807, 2.05) is 37.8 Å². The molecule has 4 heteroatoms. The number of hydrogen-bond acceptors (Lipinski definition) is 3. The number of aryl methyl sites for hydroxylation is 3. The second-order valence-corrected chi connectivity index (χ2v) is 4.36. The molecule has 0 spiro atoms. The van der Waals surface area contributed by atoms with Gasteiger partial charge in [-0.05, 0) is 33.3 Å². The Hall–Kier alpha value is -1.55. The molecule has 2 N–H and O–H groups in total. The summed E-state index contributed by atoms with van der Waals surface area (Å²) >= 11 is 0. The highest BCUT2D eigenvalue weighted by Crippen LogP contribution is 2.29. The van der Waals surface area contributed by atoms with E-state index in [9.17, 15) is 0 Å². The summed E-state index contributed by atoms with van der Waals surface area (Å²) in [5, 5.41) is 4.25. The van der Waals surface area contributed by atoms with Gasteiger partial charge in [0.15, 0.2) is 0 Å². The molecule has 2 heterocycles. The van der Waals surface area contributed by atoms with Crippen molar-refractivity contribution in [3.63, 3.8) is 0 Å². The van der Waals surface area contributed by atoms with E-state index in [0.717, 1.165) is 34.8 Å². The molecule has 0 aliphatic heterocycles. The molecular formula is C13H19N3O. The first-order valence-corrected chi connectivity index (χ1v) is 5.89. The van der Waals surface area contributed by atoms with Crippen LogP contribution >= 0.6 is 0 Å². The molecule has 0 saturated heterocycles. The molecule has 0 bridgehead atoms. The summed E-state index contributed by atoms with van der Waals surface area (Å²) in [7, 11) is 0. The summed E-state index contributed by atoms with van der Waals surface area (Å²) in [6.45, 7) is 8.88. The maximum atomic E-state index is 6.29. The minimum Gasteiger partial charge on any atom is -0.466 e. The lowest BCUT2D eigenvalue weighted by Gasteiger charge is -2.09. The van der Waals surface area contributed by atoms with Crippen LogP contribution in [0.15, 0.2) is 16.8 Å². The van der Waals surface area contributed by atoms with Gasteiger partial charge in [-0.1, -0.05) is 0 Å². The molecular weight excluding hydrogens is 214 g/mol. The molecule has 0 saturated carbocycles. The number of hydrogen-bond donors (Lipinski definition) is 1. The summed E-state index contributed by atoms with van der Waals surface area (Å²) in [6.07, 6.45) is 3.82. The monoisotopic (exact) mass is 233 g/mol. The highest BCUT2D eigenvalue weighted by Gasteiger charge is 2.20. The van der Waals surface area contributed by atoms with Crippen LogP contribution < -0.4 is 5.73 Å². The number of nitrogens with two attached hydrogens (primary N) is 1. The van der Waals surface area contributed by atoms with E-state index < -0.39 is 0 Å². The normalized spacial score (nSPS) is 13.0. The van der Waals surface area contributed by atoms with Crippen molar-refractivity contribution in [1.82, 2.24) is 9.78 Å². The Labute approximate surface area is 101 Å². The zero-order chi connectivity index (χ0) is 12.6. The fourth-order valence-electron chi connectivity index (χ4n) is 2.15. The van der Waals surface area contributed by atoms with Crippen molar-refractivity contribution in [2.45, 2.75) is 40.3 Å². The first-order valence-electron chi connectivity index (χ1n) is 5.89. The predicted octanol–water partition coefficient (Wildman–Crippen LogP) is 2.47. The van der Waals surface area contributed by atoms with Crippen LogP contribution in [0.3, 0.4) is 0 Å². The minimum absolute atomic E-state index is 0.159. The molecule has 17 heavy (non-hydrogen) atoms. The van der Waals surface area contributed by atoms with Gasteiger partial charge in [-0.25, -0.2) is 0 Å². The van der Waals surface area contributed by atoms with Gasteiger partial charge in [-0.15, -0.1) is 0 Å². The third kappa shape index (κ3) is 2.00. The lowest BCUT2D eigenvalue weighted by molar-refractivity contribution is 0.498. The Morgan fingerprint density at radius 3 is 2.53 bits per heavy atom. The van der Waals surface area contributed by atoms with Crippen molar-refractivity contribution in [2.24, 2.45) is 5.73 Å². The van der Waals surface area contributed by atoms with E-state index in [1.54, 1.807) is 0 Å². The second-order valence-electron chi connectivity index (χ2n) is 4.36. The average Bonchev–Trinajstić information content (AvgIpc) is 2.85. The van der Waals surface area contributed by atoms with E-state index in [2.05, 4.69) is 12.0 Å². The zero-order valence-corrected chi connectivity index (χ0v) is 10.8. The van der Waals surface area contributed by atoms with Gasteiger partial charge in [0.25, 0.3) is 0 Å². The molecule has 2 aromatic rings. The molecule has 4 nitrogen and oxygen atoms in total. The first kappa shape index (κ1) is 11.9. The Morgan fingerprint density at radius 1 is 1.35 bits per heavy atom. The molecule has 1 unspecified atom stereocenters. The molecule has 2 aromatic heterocycles. The molecule has 0 amide bonds. The predicted molar refractivity (Wildman–Crippen MR) is 66.9 cm³/mol. The van der Waals surface area contributed by atoms with Crippen molar-refractivity contribution >= 4 is 0 Å². The lowest BCUT2D eigenvalue weighted by Crippen LogP contribution is -2.12. The smallest absolute Gasteiger partial charge is 0.106 e. The van der Waals surface area contributed by atoms with Gasteiger partial charge in [0.05, 0.1) is 12.2 Å². The summed E-state index contributed by atoms with van der Waals surface area (Å²) in [6, 6.07) is -0.159. The van der Waals surface area contributed by atoms with E-state index in [4.69, 9.17) is 10.2 Å². The van der Waals surface area contributed by atoms with Gasteiger partial charge in [0.1, 0.15) is 11.5 Å². The van der Waals surface area contributed by atoms with Gasteiger partial charge in [-0.2, -0.15) is 5.10 Å². The number of rotatable bonds is 3. The van der Waals surface area contributed by atoms with E-state index in [0.29, 0.717) is 0 Å². The molecule has 2 rings (SSSR count). The fourth-order valence-corrected chi connectivity index (χ4v) is 2.15. The Morgan fingerprint density at radius 2 is 2.06 bits per heavy atom. The van der Waals surface area contributed by atoms with E-state index in [1.165, 1.54) is 0 Å². The molecule has 0 fully saturated rings. The second kappa shape index (κ2) is 4.37. The standard InChI is InChI=1S/C13H19N3O/c1-5-16-7-11(6-15-16)13(14)12-8(2)9(3)17-10(12)4/h6-7,13H,5,14H2,1-4H3. The summed E-state index contributed by atoms with van der Waals surface area (Å²) < 4.78 is 7.50. The van der Waals surface area contributed by atoms with E-state index >= 15 is 0 Å². The highest BCUT2D eigenvalue weighted by molar-refractivity contribution is 5.39. The van der Waals surface area contributed by atoms with E-state index in [-0.39, 0.29) is 6.04 Å². The average molecular weight is 233 g/mol. The Kier molecular flexibility index (Phi) is 3.07. The molecule has 1 atom stereocenters. The first-order chi connectivity index (χ1) is 8.04. The molecule has 0 aromatic carbocycles. The van der Waals surface area contributed by atoms with Crippen LogP contribution in [0.25, 0.3) is 0 Å². The highest BCUT2D eigenvalue weighted by atomic mass is 16.3. The number of furan rings is 1. The summed E-state index contributed by atoms with van der Waals surface area (Å²) in [5.41, 5.74) is 9.53. The molecule has 0 radical (unpaired) electrons. The quantitative estimate of drug-likeness (QED) is 0.886. The van der Waals surface area contributed by atoms with Gasteiger partial charge in [-0.3, -0.25) is 4.68 Å². The van der Waals surface area contributed by atoms with Gasteiger partial charge < -0.3 is 10.2 Å². The SMILES string of the molecule is CCn1cc(C(N)c2c(C)oc(C)c2C)cn1. The lowest BCUT2D eigenvalue weighted by atomic mass is 9.99. The minimum atomic E-state index is -0.159. The maximum absolute atomic E-state index is 6.29. The van der Waals surface area contributed by atoms with Crippen molar-refractivity contribution in [2.75, 3.05) is 0 Å². The Bertz CT molecular complexity index is 525. The topological polar surface area (TPSA) is 57.0 Å². The van der Waals surface area contributed by atoms with Crippen LogP contribution in [-0.2, 0) is 6.54 Å². The summed E-state index contributed by atoms with van der Waals surface area (Å²) in [5.74, 6) is 1.84. The third-order valence-electron chi connectivity index (χ3n) is 3.26. The molecule has 92 valence electrons. The van der Waals surface area contributed by atoms with Crippen LogP contribution in [0, 0.1) is 20.8 Å². The van der Waals surface area contributed by atoms with Crippen LogP contribution in [0.2, 0.25) is 0 Å². The Balaban J connectivity index is 2.39. The van der Waals surface area contributed by atoms with Crippen LogP contribution in [-0.4, -0.2) is 9.78 Å². The fraction of sp³-hybridized carbons (Fsp3) is 0.462. The number of nitrogens with zero attached hydrogens (tertiary/aromatic N) is 2. The van der Waals surface area contributed by atoms with Crippen molar-refractivity contribution in [3.8, 4) is 0 Å². The van der Waals surface area contributed by atoms with Gasteiger partial charge in [0, 0.05) is 23.9 Å². The van der Waals surface area contributed by atoms with Crippen molar-refractivity contribution < 1.29 is 4.42 Å². The molecule has 0 aliphatic rings. The van der Waals surface area contributed by atoms with Crippen LogP contribution in [0.4, 0.5) is 0 Å². The van der Waals surface area contributed by atoms with Gasteiger partial charge in [0.2, 0.25) is 0 Å². The number of aromatic nitrogens is 2. The maximum Gasteiger partial charge on any atom is 0.106 e.